The Bertz CT molecular complexity index is 239. The summed E-state index contributed by atoms with van der Waals surface area (Å²) in [5.74, 6) is -0.934. The molecule has 0 aliphatic heterocycles. The van der Waals surface area contributed by atoms with Crippen LogP contribution in [0, 0.1) is 0 Å². The number of esters is 2. The van der Waals surface area contributed by atoms with Crippen molar-refractivity contribution in [2.24, 2.45) is 0 Å². The van der Waals surface area contributed by atoms with Gasteiger partial charge >= 0.3 is 11.9 Å². The molecule has 0 saturated heterocycles. The maximum absolute atomic E-state index is 10.8. The zero-order chi connectivity index (χ0) is 11.8. The molecule has 0 atom stereocenters. The lowest BCUT2D eigenvalue weighted by Crippen LogP contribution is -2.23. The van der Waals surface area contributed by atoms with Crippen LogP contribution in [-0.4, -0.2) is 18.2 Å². The second-order valence-electron chi connectivity index (χ2n) is 3.29. The molecule has 0 N–H and O–H groups in total. The van der Waals surface area contributed by atoms with Crippen molar-refractivity contribution in [3.8, 4) is 0 Å². The summed E-state index contributed by atoms with van der Waals surface area (Å²) in [4.78, 5) is 21.5. The molecule has 86 valence electrons. The molecule has 0 amide bonds. The smallest absolute Gasteiger partial charge is 0.305 e. The van der Waals surface area contributed by atoms with E-state index >= 15 is 0 Å². The van der Waals surface area contributed by atoms with E-state index in [1.807, 2.05) is 13.0 Å². The Morgan fingerprint density at radius 3 is 1.93 bits per heavy atom. The second kappa shape index (κ2) is 7.04. The summed E-state index contributed by atoms with van der Waals surface area (Å²) in [7, 11) is 0. The van der Waals surface area contributed by atoms with Crippen LogP contribution in [0.1, 0.15) is 40.5 Å². The highest BCUT2D eigenvalue weighted by atomic mass is 16.7. The summed E-state index contributed by atoms with van der Waals surface area (Å²) >= 11 is 0. The molecule has 0 saturated carbocycles. The van der Waals surface area contributed by atoms with E-state index in [1.165, 1.54) is 13.8 Å². The topological polar surface area (TPSA) is 52.6 Å². The van der Waals surface area contributed by atoms with Gasteiger partial charge in [-0.05, 0) is 13.3 Å². The molecule has 0 radical (unpaired) electrons. The van der Waals surface area contributed by atoms with E-state index in [2.05, 4.69) is 0 Å². The molecule has 0 rings (SSSR count). The first kappa shape index (κ1) is 13.7. The third kappa shape index (κ3) is 6.71. The fraction of sp³-hybridized carbons (Fsp3) is 0.636. The Balaban J connectivity index is 4.46. The van der Waals surface area contributed by atoms with Crippen LogP contribution in [0.5, 0.6) is 0 Å². The van der Waals surface area contributed by atoms with Gasteiger partial charge in [0.2, 0.25) is 0 Å². The van der Waals surface area contributed by atoms with E-state index in [-0.39, 0.29) is 0 Å². The number of ether oxygens (including phenoxy) is 2. The summed E-state index contributed by atoms with van der Waals surface area (Å²) in [6.45, 7) is 6.37. The summed E-state index contributed by atoms with van der Waals surface area (Å²) in [5, 5.41) is 0. The van der Waals surface area contributed by atoms with Gasteiger partial charge in [0, 0.05) is 19.4 Å². The quantitative estimate of drug-likeness (QED) is 0.400. The highest BCUT2D eigenvalue weighted by molar-refractivity contribution is 5.68. The first-order valence-corrected chi connectivity index (χ1v) is 4.98. The van der Waals surface area contributed by atoms with Gasteiger partial charge in [-0.15, -0.1) is 0 Å². The number of carbonyl (C=O) groups is 2. The molecule has 0 spiro atoms. The van der Waals surface area contributed by atoms with Crippen LogP contribution in [0.4, 0.5) is 0 Å². The van der Waals surface area contributed by atoms with Crippen molar-refractivity contribution in [1.29, 1.82) is 0 Å². The molecule has 4 nitrogen and oxygen atoms in total. The number of hydrogen-bond donors (Lipinski definition) is 0. The van der Waals surface area contributed by atoms with Crippen molar-refractivity contribution in [2.75, 3.05) is 0 Å². The second-order valence-corrected chi connectivity index (χ2v) is 3.29. The lowest BCUT2D eigenvalue weighted by atomic mass is 10.2. The maximum atomic E-state index is 10.8. The van der Waals surface area contributed by atoms with Gasteiger partial charge in [-0.1, -0.05) is 19.4 Å². The van der Waals surface area contributed by atoms with Crippen molar-refractivity contribution >= 4 is 11.9 Å². The van der Waals surface area contributed by atoms with Crippen molar-refractivity contribution in [1.82, 2.24) is 0 Å². The Morgan fingerprint density at radius 2 is 1.60 bits per heavy atom. The minimum atomic E-state index is -0.883. The summed E-state index contributed by atoms with van der Waals surface area (Å²) in [6, 6.07) is 0. The van der Waals surface area contributed by atoms with Gasteiger partial charge in [-0.2, -0.15) is 0 Å². The normalized spacial score (nSPS) is 11.4. The lowest BCUT2D eigenvalue weighted by Gasteiger charge is -2.17. The van der Waals surface area contributed by atoms with Gasteiger partial charge in [-0.3, -0.25) is 9.59 Å². The third-order valence-corrected chi connectivity index (χ3v) is 1.67. The van der Waals surface area contributed by atoms with Crippen molar-refractivity contribution < 1.29 is 19.1 Å². The molecule has 0 aliphatic rings. The summed E-state index contributed by atoms with van der Waals surface area (Å²) in [5.41, 5.74) is 0.738. The van der Waals surface area contributed by atoms with Crippen LogP contribution in [0.3, 0.4) is 0 Å². The van der Waals surface area contributed by atoms with Crippen LogP contribution in [0.15, 0.2) is 11.6 Å². The van der Waals surface area contributed by atoms with E-state index < -0.39 is 18.2 Å². The monoisotopic (exact) mass is 214 g/mol. The Labute approximate surface area is 90.2 Å². The van der Waals surface area contributed by atoms with Crippen LogP contribution in [0.25, 0.3) is 0 Å². The minimum absolute atomic E-state index is 0.467. The largest absolute Gasteiger partial charge is 0.421 e. The first-order chi connectivity index (χ1) is 6.97. The molecule has 0 heterocycles. The van der Waals surface area contributed by atoms with E-state index in [1.54, 1.807) is 6.92 Å². The van der Waals surface area contributed by atoms with Gasteiger partial charge in [-0.25, -0.2) is 0 Å². The fourth-order valence-electron chi connectivity index (χ4n) is 0.980. The van der Waals surface area contributed by atoms with E-state index in [0.717, 1.165) is 18.4 Å². The average molecular weight is 214 g/mol. The van der Waals surface area contributed by atoms with Crippen LogP contribution in [-0.2, 0) is 19.1 Å². The van der Waals surface area contributed by atoms with E-state index in [0.29, 0.717) is 0 Å². The minimum Gasteiger partial charge on any atom is -0.421 e. The van der Waals surface area contributed by atoms with E-state index in [4.69, 9.17) is 9.47 Å². The predicted octanol–water partition coefficient (Wildman–Crippen LogP) is 2.19. The molecular weight excluding hydrogens is 196 g/mol. The van der Waals surface area contributed by atoms with Crippen LogP contribution < -0.4 is 0 Å². The Kier molecular flexibility index (Phi) is 6.42. The lowest BCUT2D eigenvalue weighted by molar-refractivity contribution is -0.178. The van der Waals surface area contributed by atoms with Crippen LogP contribution >= 0.6 is 0 Å². The highest BCUT2D eigenvalue weighted by Crippen LogP contribution is 2.10. The molecule has 0 bridgehead atoms. The molecule has 0 aromatic heterocycles. The zero-order valence-electron chi connectivity index (χ0n) is 9.70. The molecule has 0 unspecified atom stereocenters. The highest BCUT2D eigenvalue weighted by Gasteiger charge is 2.16. The fourth-order valence-corrected chi connectivity index (χ4v) is 0.980. The van der Waals surface area contributed by atoms with Crippen molar-refractivity contribution in [3.63, 3.8) is 0 Å². The molecule has 4 heteroatoms. The molecule has 0 aromatic rings. The molecule has 0 aliphatic carbocycles. The molecule has 0 fully saturated rings. The summed E-state index contributed by atoms with van der Waals surface area (Å²) in [6.07, 6.45) is 2.87. The number of unbranched alkanes of at least 4 members (excludes halogenated alkanes) is 1. The zero-order valence-corrected chi connectivity index (χ0v) is 9.70. The molecular formula is C11H18O4. The average Bonchev–Trinajstić information content (AvgIpc) is 2.11. The third-order valence-electron chi connectivity index (χ3n) is 1.67. The Hall–Kier alpha value is -1.32. The number of allylic oxidation sites excluding steroid dienone is 1. The van der Waals surface area contributed by atoms with Gasteiger partial charge in [0.1, 0.15) is 0 Å². The van der Waals surface area contributed by atoms with Gasteiger partial charge in [0.05, 0.1) is 0 Å². The van der Waals surface area contributed by atoms with Crippen molar-refractivity contribution in [2.45, 2.75) is 46.8 Å². The van der Waals surface area contributed by atoms with Gasteiger partial charge in [0.15, 0.2) is 0 Å². The Morgan fingerprint density at radius 1 is 1.13 bits per heavy atom. The number of rotatable bonds is 5. The first-order valence-electron chi connectivity index (χ1n) is 4.98. The van der Waals surface area contributed by atoms with Crippen LogP contribution in [0.2, 0.25) is 0 Å². The molecule has 15 heavy (non-hydrogen) atoms. The number of hydrogen-bond acceptors (Lipinski definition) is 4. The SMILES string of the molecule is CCC/C=C(\C)C(OC(C)=O)OC(C)=O. The van der Waals surface area contributed by atoms with Crippen molar-refractivity contribution in [3.05, 3.63) is 11.6 Å². The predicted molar refractivity (Wildman–Crippen MR) is 56.0 cm³/mol. The standard InChI is InChI=1S/C11H18O4/c1-5-6-7-8(2)11(14-9(3)12)15-10(4)13/h7,11H,5-6H2,1-4H3/b8-7+. The van der Waals surface area contributed by atoms with Gasteiger partial charge in [0.25, 0.3) is 6.29 Å². The molecule has 0 aromatic carbocycles. The number of carbonyl (C=O) groups excluding carboxylic acids is 2. The maximum Gasteiger partial charge on any atom is 0.305 e. The van der Waals surface area contributed by atoms with E-state index in [9.17, 15) is 9.59 Å². The summed E-state index contributed by atoms with van der Waals surface area (Å²) < 4.78 is 9.74. The van der Waals surface area contributed by atoms with Gasteiger partial charge < -0.3 is 9.47 Å².